The first-order valence-corrected chi connectivity index (χ1v) is 4.33. The van der Waals surface area contributed by atoms with Gasteiger partial charge in [-0.05, 0) is 12.8 Å². The number of oxazole rings is 1. The van der Waals surface area contributed by atoms with E-state index in [1.165, 1.54) is 12.7 Å². The molecule has 0 aliphatic heterocycles. The fraction of sp³-hybridized carbons (Fsp3) is 0.556. The molecule has 1 aliphatic carbocycles. The van der Waals surface area contributed by atoms with Gasteiger partial charge in [0, 0.05) is 12.8 Å². The van der Waals surface area contributed by atoms with Crippen LogP contribution < -0.4 is 0 Å². The van der Waals surface area contributed by atoms with E-state index < -0.39 is 5.60 Å². The Labute approximate surface area is 75.6 Å². The molecule has 0 bridgehead atoms. The summed E-state index contributed by atoms with van der Waals surface area (Å²) in [5, 5.41) is 10.1. The van der Waals surface area contributed by atoms with Crippen molar-refractivity contribution in [2.45, 2.75) is 31.3 Å². The number of ketones is 1. The maximum Gasteiger partial charge on any atom is 0.180 e. The maximum absolute atomic E-state index is 11.0. The van der Waals surface area contributed by atoms with E-state index in [1.54, 1.807) is 0 Å². The average Bonchev–Trinajstić information content (AvgIpc) is 2.63. The second-order valence-electron chi connectivity index (χ2n) is 3.44. The van der Waals surface area contributed by atoms with Crippen LogP contribution in [0.15, 0.2) is 17.1 Å². The van der Waals surface area contributed by atoms with Gasteiger partial charge < -0.3 is 9.52 Å². The quantitative estimate of drug-likeness (QED) is 0.702. The number of Topliss-reactive ketones (excluding diaryl/α,β-unsaturated/α-hetero) is 1. The molecule has 0 spiro atoms. The molecule has 2 rings (SSSR count). The molecular formula is C9H11NO3. The molecule has 1 saturated carbocycles. The van der Waals surface area contributed by atoms with Crippen LogP contribution in [0.25, 0.3) is 0 Å². The van der Waals surface area contributed by atoms with E-state index in [-0.39, 0.29) is 5.78 Å². The third-order valence-corrected chi connectivity index (χ3v) is 2.54. The molecule has 1 fully saturated rings. The van der Waals surface area contributed by atoms with Gasteiger partial charge in [-0.15, -0.1) is 0 Å². The van der Waals surface area contributed by atoms with Crippen molar-refractivity contribution in [3.8, 4) is 0 Å². The van der Waals surface area contributed by atoms with Gasteiger partial charge in [0.05, 0.1) is 0 Å². The summed E-state index contributed by atoms with van der Waals surface area (Å²) in [5.74, 6) is 0.216. The van der Waals surface area contributed by atoms with Crippen LogP contribution in [0.3, 0.4) is 0 Å². The average molecular weight is 181 g/mol. The molecule has 13 heavy (non-hydrogen) atoms. The van der Waals surface area contributed by atoms with E-state index in [1.807, 2.05) is 0 Å². The third kappa shape index (κ3) is 1.49. The molecule has 1 N–H and O–H groups in total. The molecule has 4 heteroatoms. The van der Waals surface area contributed by atoms with Crippen LogP contribution in [0.5, 0.6) is 0 Å². The summed E-state index contributed by atoms with van der Waals surface area (Å²) in [7, 11) is 0. The molecular weight excluding hydrogens is 170 g/mol. The Morgan fingerprint density at radius 1 is 1.46 bits per heavy atom. The predicted octanol–water partition coefficient (Wildman–Crippen LogP) is 1.01. The molecule has 0 unspecified atom stereocenters. The number of aliphatic hydroxyl groups is 1. The van der Waals surface area contributed by atoms with Crippen molar-refractivity contribution < 1.29 is 14.3 Å². The summed E-state index contributed by atoms with van der Waals surface area (Å²) in [6.45, 7) is 0. The Kier molecular flexibility index (Phi) is 1.92. The maximum atomic E-state index is 11.0. The van der Waals surface area contributed by atoms with Crippen LogP contribution in [-0.4, -0.2) is 15.9 Å². The minimum Gasteiger partial charge on any atom is -0.451 e. The second-order valence-corrected chi connectivity index (χ2v) is 3.44. The lowest BCUT2D eigenvalue weighted by Crippen LogP contribution is -2.31. The Morgan fingerprint density at radius 3 is 2.69 bits per heavy atom. The van der Waals surface area contributed by atoms with Gasteiger partial charge in [0.1, 0.15) is 23.3 Å². The standard InChI is InChI=1S/C9H11NO3/c11-7-1-3-9(12,4-2-7)8-5-13-6-10-8/h5-6,12H,1-4H2. The molecule has 0 aromatic carbocycles. The topological polar surface area (TPSA) is 63.3 Å². The zero-order chi connectivity index (χ0) is 9.31. The number of hydrogen-bond donors (Lipinski definition) is 1. The highest BCUT2D eigenvalue weighted by Crippen LogP contribution is 2.34. The summed E-state index contributed by atoms with van der Waals surface area (Å²) in [5.41, 5.74) is -0.402. The molecule has 0 radical (unpaired) electrons. The van der Waals surface area contributed by atoms with Crippen molar-refractivity contribution in [1.82, 2.24) is 4.98 Å². The van der Waals surface area contributed by atoms with E-state index in [0.717, 1.165) is 0 Å². The lowest BCUT2D eigenvalue weighted by molar-refractivity contribution is -0.125. The number of carbonyl (C=O) groups excluding carboxylic acids is 1. The Balaban J connectivity index is 2.18. The molecule has 70 valence electrons. The molecule has 1 heterocycles. The smallest absolute Gasteiger partial charge is 0.180 e. The summed E-state index contributed by atoms with van der Waals surface area (Å²) < 4.78 is 4.80. The number of rotatable bonds is 1. The van der Waals surface area contributed by atoms with Crippen molar-refractivity contribution in [3.05, 3.63) is 18.4 Å². The van der Waals surface area contributed by atoms with E-state index in [4.69, 9.17) is 4.42 Å². The molecule has 4 nitrogen and oxygen atoms in total. The zero-order valence-corrected chi connectivity index (χ0v) is 7.19. The van der Waals surface area contributed by atoms with Crippen LogP contribution in [0.1, 0.15) is 31.4 Å². The molecule has 1 aromatic rings. The van der Waals surface area contributed by atoms with Gasteiger partial charge in [-0.2, -0.15) is 0 Å². The van der Waals surface area contributed by atoms with Crippen molar-refractivity contribution in [3.63, 3.8) is 0 Å². The predicted molar refractivity (Wildman–Crippen MR) is 43.9 cm³/mol. The zero-order valence-electron chi connectivity index (χ0n) is 7.19. The van der Waals surface area contributed by atoms with Gasteiger partial charge in [0.15, 0.2) is 6.39 Å². The third-order valence-electron chi connectivity index (χ3n) is 2.54. The van der Waals surface area contributed by atoms with Crippen LogP contribution in [-0.2, 0) is 10.4 Å². The Bertz CT molecular complexity index is 295. The fourth-order valence-corrected chi connectivity index (χ4v) is 1.64. The van der Waals surface area contributed by atoms with Crippen molar-refractivity contribution in [2.75, 3.05) is 0 Å². The second kappa shape index (κ2) is 2.96. The minimum absolute atomic E-state index is 0.216. The largest absolute Gasteiger partial charge is 0.451 e. The highest BCUT2D eigenvalue weighted by Gasteiger charge is 2.36. The molecule has 1 aromatic heterocycles. The number of aromatic nitrogens is 1. The lowest BCUT2D eigenvalue weighted by Gasteiger charge is -2.28. The first-order chi connectivity index (χ1) is 6.21. The van der Waals surface area contributed by atoms with Gasteiger partial charge >= 0.3 is 0 Å². The van der Waals surface area contributed by atoms with Crippen LogP contribution in [0.4, 0.5) is 0 Å². The fourth-order valence-electron chi connectivity index (χ4n) is 1.64. The first-order valence-electron chi connectivity index (χ1n) is 4.33. The highest BCUT2D eigenvalue weighted by atomic mass is 16.3. The summed E-state index contributed by atoms with van der Waals surface area (Å²) in [6, 6.07) is 0. The Morgan fingerprint density at radius 2 is 2.15 bits per heavy atom. The molecule has 0 saturated heterocycles. The van der Waals surface area contributed by atoms with Gasteiger partial charge in [-0.25, -0.2) is 4.98 Å². The van der Waals surface area contributed by atoms with Gasteiger partial charge in [-0.3, -0.25) is 4.79 Å². The van der Waals surface area contributed by atoms with Crippen molar-refractivity contribution >= 4 is 5.78 Å². The van der Waals surface area contributed by atoms with Gasteiger partial charge in [0.2, 0.25) is 0 Å². The molecule has 0 amide bonds. The molecule has 1 aliphatic rings. The number of hydrogen-bond acceptors (Lipinski definition) is 4. The first kappa shape index (κ1) is 8.44. The SMILES string of the molecule is O=C1CCC(O)(c2cocn2)CC1. The normalized spacial score (nSPS) is 21.8. The van der Waals surface area contributed by atoms with Crippen LogP contribution in [0.2, 0.25) is 0 Å². The Hall–Kier alpha value is -1.16. The number of carbonyl (C=O) groups is 1. The lowest BCUT2D eigenvalue weighted by atomic mass is 9.82. The van der Waals surface area contributed by atoms with E-state index >= 15 is 0 Å². The van der Waals surface area contributed by atoms with E-state index in [0.29, 0.717) is 31.4 Å². The van der Waals surface area contributed by atoms with Gasteiger partial charge in [-0.1, -0.05) is 0 Å². The minimum atomic E-state index is -0.944. The summed E-state index contributed by atoms with van der Waals surface area (Å²) >= 11 is 0. The highest BCUT2D eigenvalue weighted by molar-refractivity contribution is 5.79. The van der Waals surface area contributed by atoms with Crippen LogP contribution >= 0.6 is 0 Å². The van der Waals surface area contributed by atoms with Gasteiger partial charge in [0.25, 0.3) is 0 Å². The monoisotopic (exact) mass is 181 g/mol. The van der Waals surface area contributed by atoms with E-state index in [9.17, 15) is 9.90 Å². The summed E-state index contributed by atoms with van der Waals surface area (Å²) in [4.78, 5) is 14.9. The summed E-state index contributed by atoms with van der Waals surface area (Å²) in [6.07, 6.45) is 4.52. The number of nitrogens with zero attached hydrogens (tertiary/aromatic N) is 1. The molecule has 0 atom stereocenters. The van der Waals surface area contributed by atoms with E-state index in [2.05, 4.69) is 4.98 Å². The van der Waals surface area contributed by atoms with Crippen LogP contribution in [0, 0.1) is 0 Å². The van der Waals surface area contributed by atoms with Crippen molar-refractivity contribution in [1.29, 1.82) is 0 Å². The van der Waals surface area contributed by atoms with Crippen molar-refractivity contribution in [2.24, 2.45) is 0 Å².